The van der Waals surface area contributed by atoms with E-state index in [1.165, 1.54) is 50.2 Å². The zero-order valence-electron chi connectivity index (χ0n) is 24.5. The lowest BCUT2D eigenvalue weighted by atomic mass is 10.1. The largest absolute Gasteiger partial charge is 0.573 e. The molecular weight excluding hydrogens is 595 g/mol. The zero-order valence-corrected chi connectivity index (χ0v) is 25.4. The quantitative estimate of drug-likeness (QED) is 0.390. The zero-order chi connectivity index (χ0) is 32.3. The SMILES string of the molecule is C[C@@H](C(=O)OC(C)(C)C)N(C(=O)[C@@H]1CCCN1S(=O)(=O)c1ccc(OC(F)(F)F)cc1)c1ccc(OC(=O)N(C)C)cc1. The summed E-state index contributed by atoms with van der Waals surface area (Å²) in [5.74, 6) is -1.88. The van der Waals surface area contributed by atoms with Gasteiger partial charge >= 0.3 is 18.4 Å². The Morgan fingerprint density at radius 1 is 0.953 bits per heavy atom. The van der Waals surface area contributed by atoms with Gasteiger partial charge in [0, 0.05) is 26.3 Å². The Balaban J connectivity index is 1.96. The van der Waals surface area contributed by atoms with Crippen LogP contribution < -0.4 is 14.4 Å². The highest BCUT2D eigenvalue weighted by Crippen LogP contribution is 2.32. The van der Waals surface area contributed by atoms with E-state index in [9.17, 15) is 36.0 Å². The number of carbonyl (C=O) groups is 3. The minimum absolute atomic E-state index is 0.0341. The van der Waals surface area contributed by atoms with Gasteiger partial charge in [-0.05, 0) is 89.1 Å². The molecule has 1 heterocycles. The van der Waals surface area contributed by atoms with E-state index >= 15 is 0 Å². The van der Waals surface area contributed by atoms with Gasteiger partial charge in [0.15, 0.2) is 0 Å². The van der Waals surface area contributed by atoms with E-state index in [-0.39, 0.29) is 29.3 Å². The minimum atomic E-state index is -4.95. The van der Waals surface area contributed by atoms with Gasteiger partial charge < -0.3 is 19.1 Å². The highest BCUT2D eigenvalue weighted by molar-refractivity contribution is 7.89. The summed E-state index contributed by atoms with van der Waals surface area (Å²) >= 11 is 0. The Labute approximate surface area is 248 Å². The average molecular weight is 630 g/mol. The van der Waals surface area contributed by atoms with E-state index < -0.39 is 57.8 Å². The second-order valence-corrected chi connectivity index (χ2v) is 12.9. The van der Waals surface area contributed by atoms with Gasteiger partial charge in [0.25, 0.3) is 0 Å². The first-order valence-corrected chi connectivity index (χ1v) is 14.7. The van der Waals surface area contributed by atoms with Crippen LogP contribution in [-0.2, 0) is 24.3 Å². The summed E-state index contributed by atoms with van der Waals surface area (Å²) in [6.07, 6.45) is -5.14. The fourth-order valence-corrected chi connectivity index (χ4v) is 5.94. The number of alkyl halides is 3. The van der Waals surface area contributed by atoms with Crippen molar-refractivity contribution in [2.24, 2.45) is 0 Å². The maximum atomic E-state index is 14.1. The second kappa shape index (κ2) is 12.8. The molecule has 11 nitrogen and oxygen atoms in total. The number of rotatable bonds is 8. The Hall–Kier alpha value is -3.85. The van der Waals surface area contributed by atoms with Crippen molar-refractivity contribution in [1.82, 2.24) is 9.21 Å². The number of benzene rings is 2. The van der Waals surface area contributed by atoms with Crippen LogP contribution in [0.2, 0.25) is 0 Å². The summed E-state index contributed by atoms with van der Waals surface area (Å²) < 4.78 is 80.3. The van der Waals surface area contributed by atoms with Crippen molar-refractivity contribution in [3.8, 4) is 11.5 Å². The van der Waals surface area contributed by atoms with Crippen LogP contribution in [-0.4, -0.2) is 80.3 Å². The number of ether oxygens (including phenoxy) is 3. The molecule has 1 fully saturated rings. The number of halogens is 3. The molecule has 0 spiro atoms. The summed E-state index contributed by atoms with van der Waals surface area (Å²) in [5.41, 5.74) is -0.666. The third-order valence-corrected chi connectivity index (χ3v) is 8.13. The average Bonchev–Trinajstić information content (AvgIpc) is 3.39. The molecule has 1 aliphatic heterocycles. The first kappa shape index (κ1) is 33.6. The molecule has 43 heavy (non-hydrogen) atoms. The lowest BCUT2D eigenvalue weighted by molar-refractivity contribution is -0.274. The van der Waals surface area contributed by atoms with E-state index in [2.05, 4.69) is 4.74 Å². The molecule has 0 N–H and O–H groups in total. The van der Waals surface area contributed by atoms with E-state index in [1.807, 2.05) is 0 Å². The molecule has 15 heteroatoms. The van der Waals surface area contributed by atoms with Gasteiger partial charge in [-0.1, -0.05) is 0 Å². The molecule has 3 rings (SSSR count). The Bertz CT molecular complexity index is 1420. The van der Waals surface area contributed by atoms with Gasteiger partial charge in [0.2, 0.25) is 15.9 Å². The van der Waals surface area contributed by atoms with Gasteiger partial charge in [0.1, 0.15) is 29.2 Å². The highest BCUT2D eigenvalue weighted by Gasteiger charge is 2.44. The summed E-state index contributed by atoms with van der Waals surface area (Å²) in [6, 6.07) is 6.99. The van der Waals surface area contributed by atoms with Crippen LogP contribution in [0.4, 0.5) is 23.7 Å². The molecule has 0 aromatic heterocycles. The summed E-state index contributed by atoms with van der Waals surface area (Å²) in [4.78, 5) is 41.1. The lowest BCUT2D eigenvalue weighted by Crippen LogP contribution is -2.53. The Morgan fingerprint density at radius 2 is 1.51 bits per heavy atom. The van der Waals surface area contributed by atoms with Crippen LogP contribution in [0.5, 0.6) is 11.5 Å². The number of sulfonamides is 1. The number of carbonyl (C=O) groups excluding carboxylic acids is 3. The minimum Gasteiger partial charge on any atom is -0.458 e. The normalized spacial score (nSPS) is 16.7. The molecule has 2 aromatic carbocycles. The number of hydrogen-bond donors (Lipinski definition) is 0. The fourth-order valence-electron chi connectivity index (χ4n) is 4.28. The maximum absolute atomic E-state index is 14.1. The van der Waals surface area contributed by atoms with Crippen LogP contribution >= 0.6 is 0 Å². The third kappa shape index (κ3) is 8.60. The van der Waals surface area contributed by atoms with Crippen LogP contribution in [0.1, 0.15) is 40.5 Å². The molecule has 2 amide bonds. The van der Waals surface area contributed by atoms with Crippen molar-refractivity contribution in [3.63, 3.8) is 0 Å². The molecule has 0 bridgehead atoms. The molecule has 236 valence electrons. The topological polar surface area (TPSA) is 123 Å². The first-order valence-electron chi connectivity index (χ1n) is 13.2. The van der Waals surface area contributed by atoms with Gasteiger partial charge in [-0.25, -0.2) is 18.0 Å². The molecule has 0 aliphatic carbocycles. The van der Waals surface area contributed by atoms with Crippen LogP contribution in [0.15, 0.2) is 53.4 Å². The van der Waals surface area contributed by atoms with Crippen LogP contribution in [0.25, 0.3) is 0 Å². The molecule has 0 radical (unpaired) electrons. The molecule has 1 aliphatic rings. The van der Waals surface area contributed by atoms with Crippen LogP contribution in [0, 0.1) is 0 Å². The van der Waals surface area contributed by atoms with Gasteiger partial charge in [0.05, 0.1) is 4.90 Å². The van der Waals surface area contributed by atoms with E-state index in [1.54, 1.807) is 20.8 Å². The van der Waals surface area contributed by atoms with Crippen LogP contribution in [0.3, 0.4) is 0 Å². The van der Waals surface area contributed by atoms with Crippen molar-refractivity contribution in [2.45, 2.75) is 69.5 Å². The smallest absolute Gasteiger partial charge is 0.458 e. The van der Waals surface area contributed by atoms with Crippen molar-refractivity contribution in [1.29, 1.82) is 0 Å². The second-order valence-electron chi connectivity index (χ2n) is 11.0. The van der Waals surface area contributed by atoms with Gasteiger partial charge in [-0.15, -0.1) is 13.2 Å². The van der Waals surface area contributed by atoms with Gasteiger partial charge in [-0.2, -0.15) is 4.31 Å². The molecular formula is C28H34F3N3O8S. The third-order valence-electron chi connectivity index (χ3n) is 6.21. The van der Waals surface area contributed by atoms with E-state index in [4.69, 9.17) is 9.47 Å². The predicted molar refractivity (Wildman–Crippen MR) is 149 cm³/mol. The predicted octanol–water partition coefficient (Wildman–Crippen LogP) is 4.56. The molecule has 2 atom stereocenters. The number of anilines is 1. The summed E-state index contributed by atoms with van der Waals surface area (Å²) in [7, 11) is -1.33. The molecule has 0 unspecified atom stereocenters. The lowest BCUT2D eigenvalue weighted by Gasteiger charge is -2.34. The first-order chi connectivity index (χ1) is 19.8. The molecule has 1 saturated heterocycles. The molecule has 2 aromatic rings. The van der Waals surface area contributed by atoms with Crippen molar-refractivity contribution in [2.75, 3.05) is 25.5 Å². The fraction of sp³-hybridized carbons (Fsp3) is 0.464. The van der Waals surface area contributed by atoms with Gasteiger partial charge in [-0.3, -0.25) is 9.69 Å². The Morgan fingerprint density at radius 3 is 2.02 bits per heavy atom. The van der Waals surface area contributed by atoms with E-state index in [0.717, 1.165) is 33.5 Å². The number of hydrogen-bond acceptors (Lipinski definition) is 8. The Kier molecular flexibility index (Phi) is 10.0. The van der Waals surface area contributed by atoms with Crippen molar-refractivity contribution in [3.05, 3.63) is 48.5 Å². The number of nitrogens with zero attached hydrogens (tertiary/aromatic N) is 3. The standard InChI is InChI=1S/C28H34F3N3O8S/c1-18(25(36)42-27(2,3)4)34(19-9-11-20(12-10-19)40-26(37)32(5)6)24(35)23-8-7-17-33(23)43(38,39)22-15-13-21(14-16-22)41-28(29,30)31/h9-16,18,23H,7-8,17H2,1-6H3/t18-,23-/m0/s1. The maximum Gasteiger partial charge on any atom is 0.573 e. The monoisotopic (exact) mass is 629 g/mol. The highest BCUT2D eigenvalue weighted by atomic mass is 32.2. The number of esters is 1. The van der Waals surface area contributed by atoms with Crippen molar-refractivity contribution < 1.29 is 50.2 Å². The van der Waals surface area contributed by atoms with E-state index in [0.29, 0.717) is 6.42 Å². The van der Waals surface area contributed by atoms with Crippen molar-refractivity contribution >= 4 is 33.7 Å². The summed E-state index contributed by atoms with van der Waals surface area (Å²) in [6.45, 7) is 6.39. The number of amides is 2. The molecule has 0 saturated carbocycles. The summed E-state index contributed by atoms with van der Waals surface area (Å²) in [5, 5.41) is 0.